The molecule has 1 fully saturated rings. The van der Waals surface area contributed by atoms with Gasteiger partial charge in [-0.05, 0) is 86.3 Å². The first kappa shape index (κ1) is 25.0. The van der Waals surface area contributed by atoms with Gasteiger partial charge in [0.2, 0.25) is 5.91 Å². The first-order valence-corrected chi connectivity index (χ1v) is 13.3. The quantitative estimate of drug-likeness (QED) is 0.380. The van der Waals surface area contributed by atoms with Crippen LogP contribution >= 0.6 is 23.2 Å². The van der Waals surface area contributed by atoms with Gasteiger partial charge < -0.3 is 10.2 Å². The Morgan fingerprint density at radius 1 is 0.889 bits per heavy atom. The van der Waals surface area contributed by atoms with Gasteiger partial charge in [0, 0.05) is 27.6 Å². The van der Waals surface area contributed by atoms with Crippen LogP contribution in [0.15, 0.2) is 72.8 Å². The molecule has 0 bridgehead atoms. The summed E-state index contributed by atoms with van der Waals surface area (Å²) in [5.41, 5.74) is 3.70. The molecule has 186 valence electrons. The highest BCUT2D eigenvalue weighted by molar-refractivity contribution is 6.30. The van der Waals surface area contributed by atoms with Crippen LogP contribution in [0.5, 0.6) is 0 Å². The van der Waals surface area contributed by atoms with E-state index in [9.17, 15) is 9.59 Å². The molecule has 1 amide bonds. The number of nitrogens with zero attached hydrogens (tertiary/aromatic N) is 1. The fourth-order valence-corrected chi connectivity index (χ4v) is 5.91. The molecule has 0 unspecified atom stereocenters. The van der Waals surface area contributed by atoms with Gasteiger partial charge in [-0.2, -0.15) is 0 Å². The number of Topliss-reactive ketones (excluding diaryl/α,β-unsaturated/α-hetero) is 1. The average molecular weight is 521 g/mol. The number of ketones is 1. The van der Waals surface area contributed by atoms with Crippen LogP contribution in [0.4, 0.5) is 0 Å². The zero-order valence-electron chi connectivity index (χ0n) is 20.2. The molecule has 0 atom stereocenters. The highest BCUT2D eigenvalue weighted by Gasteiger charge is 2.46. The second-order valence-corrected chi connectivity index (χ2v) is 10.8. The summed E-state index contributed by atoms with van der Waals surface area (Å²) in [6.07, 6.45) is 3.55. The number of fused-ring (bicyclic) bond motifs is 1. The van der Waals surface area contributed by atoms with Gasteiger partial charge in [-0.25, -0.2) is 0 Å². The largest absolute Gasteiger partial charge is 0.355 e. The molecule has 1 heterocycles. The molecule has 4 nitrogen and oxygen atoms in total. The maximum atomic E-state index is 13.3. The van der Waals surface area contributed by atoms with Crippen molar-refractivity contribution in [1.29, 1.82) is 0 Å². The molecule has 1 N–H and O–H groups in total. The number of piperidine rings is 1. The first-order chi connectivity index (χ1) is 17.4. The van der Waals surface area contributed by atoms with Crippen LogP contribution in [0, 0.1) is 5.41 Å². The van der Waals surface area contributed by atoms with Crippen molar-refractivity contribution >= 4 is 34.9 Å². The molecular weight excluding hydrogens is 491 g/mol. The Kier molecular flexibility index (Phi) is 7.47. The predicted octanol–water partition coefficient (Wildman–Crippen LogP) is 6.15. The number of halogens is 2. The van der Waals surface area contributed by atoms with Gasteiger partial charge >= 0.3 is 0 Å². The zero-order chi connectivity index (χ0) is 25.1. The standard InChI is InChI=1S/C30H30Cl2N2O2/c31-24-10-6-21(7-11-24)27(22-8-12-25(32)13-9-22)29(36)33-16-3-17-34-18-14-30(15-19-34)20-23-4-1-2-5-26(23)28(30)35/h1-2,4-13,27H,3,14-20H2,(H,33,36). The number of carbonyl (C=O) groups excluding carboxylic acids is 2. The molecule has 5 rings (SSSR count). The zero-order valence-corrected chi connectivity index (χ0v) is 21.7. The van der Waals surface area contributed by atoms with E-state index in [-0.39, 0.29) is 11.3 Å². The van der Waals surface area contributed by atoms with E-state index in [0.717, 1.165) is 62.0 Å². The SMILES string of the molecule is O=C(NCCCN1CCC2(CC1)Cc1ccccc1C2=O)C(c1ccc(Cl)cc1)c1ccc(Cl)cc1. The second kappa shape index (κ2) is 10.8. The van der Waals surface area contributed by atoms with Crippen LogP contribution < -0.4 is 5.32 Å². The van der Waals surface area contributed by atoms with Gasteiger partial charge in [0.05, 0.1) is 5.92 Å². The van der Waals surface area contributed by atoms with E-state index >= 15 is 0 Å². The number of carbonyl (C=O) groups is 2. The number of likely N-dealkylation sites (tertiary alicyclic amines) is 1. The van der Waals surface area contributed by atoms with Gasteiger partial charge in [0.1, 0.15) is 0 Å². The number of hydrogen-bond donors (Lipinski definition) is 1. The van der Waals surface area contributed by atoms with Crippen LogP contribution in [0.3, 0.4) is 0 Å². The van der Waals surface area contributed by atoms with Crippen molar-refractivity contribution in [1.82, 2.24) is 10.2 Å². The fourth-order valence-electron chi connectivity index (χ4n) is 5.66. The monoisotopic (exact) mass is 520 g/mol. The lowest BCUT2D eigenvalue weighted by molar-refractivity contribution is -0.121. The highest BCUT2D eigenvalue weighted by Crippen LogP contribution is 2.44. The van der Waals surface area contributed by atoms with E-state index in [0.29, 0.717) is 22.4 Å². The van der Waals surface area contributed by atoms with Gasteiger partial charge in [-0.1, -0.05) is 71.7 Å². The van der Waals surface area contributed by atoms with Gasteiger partial charge in [0.15, 0.2) is 5.78 Å². The number of rotatable bonds is 7. The van der Waals surface area contributed by atoms with Crippen LogP contribution in [0.25, 0.3) is 0 Å². The summed E-state index contributed by atoms with van der Waals surface area (Å²) >= 11 is 12.1. The molecule has 1 aliphatic heterocycles. The Morgan fingerprint density at radius 2 is 1.47 bits per heavy atom. The molecule has 36 heavy (non-hydrogen) atoms. The van der Waals surface area contributed by atoms with E-state index in [1.807, 2.05) is 66.7 Å². The third-order valence-electron chi connectivity index (χ3n) is 7.70. The molecule has 3 aromatic carbocycles. The lowest BCUT2D eigenvalue weighted by Crippen LogP contribution is -2.44. The van der Waals surface area contributed by atoms with Crippen molar-refractivity contribution in [2.24, 2.45) is 5.41 Å². The molecule has 1 spiro atoms. The molecule has 1 aliphatic carbocycles. The van der Waals surface area contributed by atoms with Crippen molar-refractivity contribution in [3.8, 4) is 0 Å². The van der Waals surface area contributed by atoms with Crippen molar-refractivity contribution in [3.05, 3.63) is 105 Å². The summed E-state index contributed by atoms with van der Waals surface area (Å²) < 4.78 is 0. The second-order valence-electron chi connectivity index (χ2n) is 9.97. The molecule has 2 aliphatic rings. The minimum atomic E-state index is -0.426. The summed E-state index contributed by atoms with van der Waals surface area (Å²) in [7, 11) is 0. The molecule has 1 saturated heterocycles. The van der Waals surface area contributed by atoms with E-state index in [2.05, 4.69) is 16.3 Å². The van der Waals surface area contributed by atoms with Crippen molar-refractivity contribution in [2.75, 3.05) is 26.2 Å². The molecular formula is C30H30Cl2N2O2. The minimum Gasteiger partial charge on any atom is -0.355 e. The van der Waals surface area contributed by atoms with E-state index in [4.69, 9.17) is 23.2 Å². The van der Waals surface area contributed by atoms with Gasteiger partial charge in [0.25, 0.3) is 0 Å². The van der Waals surface area contributed by atoms with E-state index in [1.54, 1.807) is 0 Å². The highest BCUT2D eigenvalue weighted by atomic mass is 35.5. The summed E-state index contributed by atoms with van der Waals surface area (Å²) in [6, 6.07) is 22.9. The smallest absolute Gasteiger partial charge is 0.232 e. The number of nitrogens with one attached hydrogen (secondary N) is 1. The predicted molar refractivity (Wildman–Crippen MR) is 145 cm³/mol. The van der Waals surface area contributed by atoms with Crippen LogP contribution in [-0.4, -0.2) is 42.8 Å². The lowest BCUT2D eigenvalue weighted by atomic mass is 9.75. The normalized spacial score (nSPS) is 16.9. The summed E-state index contributed by atoms with van der Waals surface area (Å²) in [6.45, 7) is 3.35. The lowest BCUT2D eigenvalue weighted by Gasteiger charge is -2.38. The summed E-state index contributed by atoms with van der Waals surface area (Å²) in [4.78, 5) is 28.7. The molecule has 0 aromatic heterocycles. The Balaban J connectivity index is 1.14. The first-order valence-electron chi connectivity index (χ1n) is 12.6. The summed E-state index contributed by atoms with van der Waals surface area (Å²) in [5.74, 6) is -0.128. The Labute approximate surface area is 222 Å². The molecule has 6 heteroatoms. The van der Waals surface area contributed by atoms with E-state index in [1.165, 1.54) is 5.56 Å². The Bertz CT molecular complexity index is 1190. The number of hydrogen-bond acceptors (Lipinski definition) is 3. The molecule has 3 aromatic rings. The van der Waals surface area contributed by atoms with E-state index < -0.39 is 5.92 Å². The number of amides is 1. The topological polar surface area (TPSA) is 49.4 Å². The van der Waals surface area contributed by atoms with Crippen LogP contribution in [0.2, 0.25) is 10.0 Å². The maximum Gasteiger partial charge on any atom is 0.232 e. The summed E-state index contributed by atoms with van der Waals surface area (Å²) in [5, 5.41) is 4.41. The molecule has 0 radical (unpaired) electrons. The Morgan fingerprint density at radius 3 is 2.06 bits per heavy atom. The molecule has 0 saturated carbocycles. The van der Waals surface area contributed by atoms with Crippen molar-refractivity contribution in [2.45, 2.75) is 31.6 Å². The van der Waals surface area contributed by atoms with Crippen molar-refractivity contribution in [3.63, 3.8) is 0 Å². The van der Waals surface area contributed by atoms with Crippen molar-refractivity contribution < 1.29 is 9.59 Å². The van der Waals surface area contributed by atoms with Crippen LogP contribution in [0.1, 0.15) is 52.2 Å². The van der Waals surface area contributed by atoms with Gasteiger partial charge in [-0.3, -0.25) is 9.59 Å². The van der Waals surface area contributed by atoms with Crippen LogP contribution in [-0.2, 0) is 11.2 Å². The minimum absolute atomic E-state index is 0.0356. The Hall–Kier alpha value is -2.66. The maximum absolute atomic E-state index is 13.3. The third kappa shape index (κ3) is 5.22. The van der Waals surface area contributed by atoms with Gasteiger partial charge in [-0.15, -0.1) is 0 Å². The fraction of sp³-hybridized carbons (Fsp3) is 0.333. The number of benzene rings is 3. The third-order valence-corrected chi connectivity index (χ3v) is 8.21. The average Bonchev–Trinajstić information content (AvgIpc) is 3.16.